The van der Waals surface area contributed by atoms with E-state index >= 15 is 0 Å². The molecule has 0 aliphatic carbocycles. The van der Waals surface area contributed by atoms with Crippen LogP contribution in [0.4, 0.5) is 8.78 Å². The summed E-state index contributed by atoms with van der Waals surface area (Å²) in [6, 6.07) is 6.84. The summed E-state index contributed by atoms with van der Waals surface area (Å²) in [5.41, 5.74) is 0.00769. The van der Waals surface area contributed by atoms with Gasteiger partial charge < -0.3 is 14.9 Å². The number of carbonyl (C=O) groups is 1. The largest absolute Gasteiger partial charge is 0.489 e. The Morgan fingerprint density at radius 2 is 1.83 bits per heavy atom. The number of sulfonamides is 1. The van der Waals surface area contributed by atoms with Crippen LogP contribution in [0.25, 0.3) is 0 Å². The molecule has 2 N–H and O–H groups in total. The Morgan fingerprint density at radius 1 is 1.14 bits per heavy atom. The molecule has 10 heteroatoms. The second-order valence-corrected chi connectivity index (χ2v) is 8.55. The number of carboxylic acids is 1. The predicted molar refractivity (Wildman–Crippen MR) is 97.7 cm³/mol. The first kappa shape index (κ1) is 21.2. The number of aliphatic hydroxyl groups is 1. The molecule has 1 saturated heterocycles. The third-order valence-corrected chi connectivity index (χ3v) is 6.52. The van der Waals surface area contributed by atoms with Crippen LogP contribution >= 0.6 is 0 Å². The van der Waals surface area contributed by atoms with E-state index in [4.69, 9.17) is 4.74 Å². The van der Waals surface area contributed by atoms with E-state index in [0.29, 0.717) is 0 Å². The Labute approximate surface area is 166 Å². The van der Waals surface area contributed by atoms with E-state index in [1.807, 2.05) is 0 Å². The molecule has 1 fully saturated rings. The van der Waals surface area contributed by atoms with E-state index in [0.717, 1.165) is 22.5 Å². The number of β-amino-alcohol motifs (C(OH)–C–C–N with tert-alkyl or cyclic N) is 1. The lowest BCUT2D eigenvalue weighted by atomic mass is 10.0. The maximum Gasteiger partial charge on any atom is 0.322 e. The van der Waals surface area contributed by atoms with E-state index in [1.165, 1.54) is 24.3 Å². The number of piperidine rings is 1. The fraction of sp³-hybridized carbons (Fsp3) is 0.316. The van der Waals surface area contributed by atoms with Crippen LogP contribution in [0.2, 0.25) is 0 Å². The maximum atomic E-state index is 13.6. The minimum absolute atomic E-state index is 0.00769. The molecule has 0 radical (unpaired) electrons. The van der Waals surface area contributed by atoms with Crippen molar-refractivity contribution in [1.82, 2.24) is 4.31 Å². The lowest BCUT2D eigenvalue weighted by Crippen LogP contribution is -2.51. The van der Waals surface area contributed by atoms with Gasteiger partial charge in [-0.1, -0.05) is 0 Å². The van der Waals surface area contributed by atoms with Gasteiger partial charge in [0.15, 0.2) is 0 Å². The number of rotatable bonds is 6. The molecule has 2 aromatic carbocycles. The molecule has 0 bridgehead atoms. The van der Waals surface area contributed by atoms with Gasteiger partial charge in [0.2, 0.25) is 10.0 Å². The normalized spacial score (nSPS) is 20.4. The molecule has 29 heavy (non-hydrogen) atoms. The molecule has 2 aromatic rings. The molecule has 0 spiro atoms. The predicted octanol–water partition coefficient (Wildman–Crippen LogP) is 2.14. The summed E-state index contributed by atoms with van der Waals surface area (Å²) in [4.78, 5) is 11.2. The molecule has 2 atom stereocenters. The molecule has 0 aromatic heterocycles. The summed E-state index contributed by atoms with van der Waals surface area (Å²) in [5.74, 6) is -2.30. The van der Waals surface area contributed by atoms with Crippen molar-refractivity contribution >= 4 is 16.0 Å². The number of hydrogen-bond donors (Lipinski definition) is 2. The van der Waals surface area contributed by atoms with Crippen molar-refractivity contribution < 1.29 is 36.9 Å². The fourth-order valence-corrected chi connectivity index (χ4v) is 4.74. The van der Waals surface area contributed by atoms with Crippen molar-refractivity contribution in [2.24, 2.45) is 0 Å². The van der Waals surface area contributed by atoms with Gasteiger partial charge in [0.1, 0.15) is 30.0 Å². The zero-order valence-electron chi connectivity index (χ0n) is 15.2. The van der Waals surface area contributed by atoms with Gasteiger partial charge in [-0.25, -0.2) is 17.2 Å². The van der Waals surface area contributed by atoms with Crippen molar-refractivity contribution in [2.75, 3.05) is 6.54 Å². The van der Waals surface area contributed by atoms with Gasteiger partial charge in [-0.05, 0) is 55.3 Å². The highest BCUT2D eigenvalue weighted by molar-refractivity contribution is 7.89. The molecule has 0 unspecified atom stereocenters. The van der Waals surface area contributed by atoms with E-state index in [9.17, 15) is 32.2 Å². The monoisotopic (exact) mass is 427 g/mol. The lowest BCUT2D eigenvalue weighted by molar-refractivity contribution is -0.143. The van der Waals surface area contributed by atoms with Crippen LogP contribution in [-0.4, -0.2) is 47.6 Å². The molecule has 3 rings (SSSR count). The standard InChI is InChI=1S/C19H19F2NO6S/c20-13-1-7-17(21)12(9-13)11-28-15-3-5-16(6-4-15)29(26,27)22-10-14(23)2-8-18(22)19(24)25/h1,3-7,9,14,18,23H,2,8,10-11H2,(H,24,25)/t14-,18-/m1/s1. The first-order valence-electron chi connectivity index (χ1n) is 8.78. The van der Waals surface area contributed by atoms with Crippen molar-refractivity contribution in [3.63, 3.8) is 0 Å². The van der Waals surface area contributed by atoms with Gasteiger partial charge in [0.25, 0.3) is 0 Å². The van der Waals surface area contributed by atoms with Gasteiger partial charge in [0.05, 0.1) is 11.0 Å². The number of benzene rings is 2. The average molecular weight is 427 g/mol. The maximum absolute atomic E-state index is 13.6. The van der Waals surface area contributed by atoms with Crippen molar-refractivity contribution in [3.8, 4) is 5.75 Å². The first-order valence-corrected chi connectivity index (χ1v) is 10.2. The Hall–Kier alpha value is -2.56. The Kier molecular flexibility index (Phi) is 6.15. The van der Waals surface area contributed by atoms with E-state index in [2.05, 4.69) is 0 Å². The first-order chi connectivity index (χ1) is 13.7. The van der Waals surface area contributed by atoms with Gasteiger partial charge in [0, 0.05) is 12.1 Å². The molecule has 7 nitrogen and oxygen atoms in total. The van der Waals surface area contributed by atoms with E-state index in [1.54, 1.807) is 0 Å². The zero-order valence-corrected chi connectivity index (χ0v) is 16.0. The number of nitrogens with zero attached hydrogens (tertiary/aromatic N) is 1. The molecule has 0 saturated carbocycles. The second-order valence-electron chi connectivity index (χ2n) is 6.66. The smallest absolute Gasteiger partial charge is 0.322 e. The summed E-state index contributed by atoms with van der Waals surface area (Å²) < 4.78 is 58.7. The molecule has 156 valence electrons. The van der Waals surface area contributed by atoms with Gasteiger partial charge in [-0.2, -0.15) is 4.31 Å². The fourth-order valence-electron chi connectivity index (χ4n) is 3.09. The summed E-state index contributed by atoms with van der Waals surface area (Å²) in [6.45, 7) is -0.564. The third-order valence-electron chi connectivity index (χ3n) is 4.63. The average Bonchev–Trinajstić information content (AvgIpc) is 2.68. The van der Waals surface area contributed by atoms with Crippen molar-refractivity contribution in [2.45, 2.75) is 36.5 Å². The van der Waals surface area contributed by atoms with Crippen LogP contribution in [0, 0.1) is 11.6 Å². The Morgan fingerprint density at radius 3 is 2.48 bits per heavy atom. The minimum atomic E-state index is -4.16. The number of halogens is 2. The zero-order chi connectivity index (χ0) is 21.2. The van der Waals surface area contributed by atoms with Crippen LogP contribution in [0.1, 0.15) is 18.4 Å². The molecular weight excluding hydrogens is 408 g/mol. The van der Waals surface area contributed by atoms with Crippen LogP contribution in [-0.2, 0) is 21.4 Å². The van der Waals surface area contributed by atoms with Crippen molar-refractivity contribution in [3.05, 3.63) is 59.7 Å². The second kappa shape index (κ2) is 8.44. The van der Waals surface area contributed by atoms with Gasteiger partial charge >= 0.3 is 5.97 Å². The Bertz CT molecular complexity index is 996. The summed E-state index contributed by atoms with van der Waals surface area (Å²) in [5, 5.41) is 19.1. The Balaban J connectivity index is 1.76. The topological polar surface area (TPSA) is 104 Å². The van der Waals surface area contributed by atoms with Crippen molar-refractivity contribution in [1.29, 1.82) is 0 Å². The third kappa shape index (κ3) is 4.72. The number of ether oxygens (including phenoxy) is 1. The highest BCUT2D eigenvalue weighted by atomic mass is 32.2. The summed E-state index contributed by atoms with van der Waals surface area (Å²) in [7, 11) is -4.16. The van der Waals surface area contributed by atoms with E-state index < -0.39 is 39.8 Å². The van der Waals surface area contributed by atoms with Crippen LogP contribution < -0.4 is 4.74 Å². The van der Waals surface area contributed by atoms with Crippen LogP contribution in [0.3, 0.4) is 0 Å². The van der Waals surface area contributed by atoms with Gasteiger partial charge in [-0.15, -0.1) is 0 Å². The number of carboxylic acid groups (broad SMARTS) is 1. The molecule has 1 aliphatic rings. The number of aliphatic hydroxyl groups excluding tert-OH is 1. The molecule has 1 aliphatic heterocycles. The highest BCUT2D eigenvalue weighted by Crippen LogP contribution is 2.27. The summed E-state index contributed by atoms with van der Waals surface area (Å²) >= 11 is 0. The van der Waals surface area contributed by atoms with Gasteiger partial charge in [-0.3, -0.25) is 4.79 Å². The molecular formula is C19H19F2NO6S. The minimum Gasteiger partial charge on any atom is -0.489 e. The number of aliphatic carboxylic acids is 1. The van der Waals surface area contributed by atoms with Crippen LogP contribution in [0.15, 0.2) is 47.4 Å². The highest BCUT2D eigenvalue weighted by Gasteiger charge is 2.40. The number of hydrogen-bond acceptors (Lipinski definition) is 5. The molecule has 0 amide bonds. The van der Waals surface area contributed by atoms with E-state index in [-0.39, 0.29) is 42.2 Å². The van der Waals surface area contributed by atoms with Crippen LogP contribution in [0.5, 0.6) is 5.75 Å². The lowest BCUT2D eigenvalue weighted by Gasteiger charge is -2.34. The molecule has 1 heterocycles. The SMILES string of the molecule is O=C(O)[C@H]1CC[C@@H](O)CN1S(=O)(=O)c1ccc(OCc2cc(F)ccc2F)cc1. The quantitative estimate of drug-likeness (QED) is 0.732. The summed E-state index contributed by atoms with van der Waals surface area (Å²) in [6.07, 6.45) is -0.730.